The van der Waals surface area contributed by atoms with Crippen molar-refractivity contribution < 1.29 is 9.50 Å². The highest BCUT2D eigenvalue weighted by Crippen LogP contribution is 2.30. The summed E-state index contributed by atoms with van der Waals surface area (Å²) >= 11 is 0. The third-order valence-electron chi connectivity index (χ3n) is 4.28. The highest BCUT2D eigenvalue weighted by atomic mass is 19.1. The van der Waals surface area contributed by atoms with Gasteiger partial charge in [-0.25, -0.2) is 9.37 Å². The van der Waals surface area contributed by atoms with Gasteiger partial charge in [-0.05, 0) is 24.1 Å². The second-order valence-corrected chi connectivity index (χ2v) is 5.92. The van der Waals surface area contributed by atoms with Crippen LogP contribution in [0.1, 0.15) is 16.8 Å². The van der Waals surface area contributed by atoms with Crippen molar-refractivity contribution in [1.29, 1.82) is 0 Å². The van der Waals surface area contributed by atoms with Gasteiger partial charge < -0.3 is 5.11 Å². The fourth-order valence-electron chi connectivity index (χ4n) is 3.09. The van der Waals surface area contributed by atoms with Gasteiger partial charge in [-0.2, -0.15) is 9.78 Å². The number of rotatable bonds is 3. The Morgan fingerprint density at radius 3 is 2.75 bits per heavy atom. The van der Waals surface area contributed by atoms with E-state index in [9.17, 15) is 9.50 Å². The summed E-state index contributed by atoms with van der Waals surface area (Å²) in [5, 5.41) is 14.8. The van der Waals surface area contributed by atoms with Crippen molar-refractivity contribution >= 4 is 0 Å². The van der Waals surface area contributed by atoms with Gasteiger partial charge in [-0.15, -0.1) is 0 Å². The Labute approximate surface area is 139 Å². The Morgan fingerprint density at radius 2 is 1.96 bits per heavy atom. The molecule has 2 aromatic heterocycles. The van der Waals surface area contributed by atoms with Crippen LogP contribution in [0.2, 0.25) is 0 Å². The second-order valence-electron chi connectivity index (χ2n) is 5.92. The van der Waals surface area contributed by atoms with E-state index in [2.05, 4.69) is 27.1 Å². The van der Waals surface area contributed by atoms with Gasteiger partial charge in [-0.1, -0.05) is 30.3 Å². The Morgan fingerprint density at radius 1 is 1.12 bits per heavy atom. The van der Waals surface area contributed by atoms with E-state index in [1.165, 1.54) is 28.6 Å². The lowest BCUT2D eigenvalue weighted by atomic mass is 10.1. The molecule has 1 N–H and O–H groups in total. The molecule has 0 unspecified atom stereocenters. The van der Waals surface area contributed by atoms with Gasteiger partial charge in [0.2, 0.25) is 5.88 Å². The first kappa shape index (κ1) is 14.8. The monoisotopic (exact) mass is 324 g/mol. The van der Waals surface area contributed by atoms with Crippen LogP contribution in [0.25, 0.3) is 5.82 Å². The molecule has 0 saturated carbocycles. The molecule has 0 bridgehead atoms. The molecule has 0 amide bonds. The van der Waals surface area contributed by atoms with Gasteiger partial charge >= 0.3 is 0 Å². The van der Waals surface area contributed by atoms with Gasteiger partial charge in [0.25, 0.3) is 0 Å². The Bertz CT molecular complexity index is 863. The number of fused-ring (bicyclic) bond motifs is 1. The molecule has 122 valence electrons. The van der Waals surface area contributed by atoms with Gasteiger partial charge in [0.1, 0.15) is 0 Å². The van der Waals surface area contributed by atoms with Crippen molar-refractivity contribution in [1.82, 2.24) is 19.7 Å². The van der Waals surface area contributed by atoms with Crippen LogP contribution in [-0.4, -0.2) is 31.3 Å². The Kier molecular flexibility index (Phi) is 3.74. The minimum atomic E-state index is -0.506. The van der Waals surface area contributed by atoms with Crippen LogP contribution in [-0.2, 0) is 19.5 Å². The Balaban J connectivity index is 1.61. The van der Waals surface area contributed by atoms with Crippen molar-refractivity contribution in [2.75, 3.05) is 6.54 Å². The smallest absolute Gasteiger partial charge is 0.219 e. The van der Waals surface area contributed by atoms with Crippen molar-refractivity contribution in [3.8, 4) is 11.7 Å². The first-order valence-corrected chi connectivity index (χ1v) is 7.89. The van der Waals surface area contributed by atoms with Crippen molar-refractivity contribution in [3.05, 3.63) is 71.3 Å². The summed E-state index contributed by atoms with van der Waals surface area (Å²) < 4.78 is 15.1. The maximum absolute atomic E-state index is 13.9. The van der Waals surface area contributed by atoms with Crippen LogP contribution < -0.4 is 0 Å². The number of halogens is 1. The first-order valence-electron chi connectivity index (χ1n) is 7.89. The predicted molar refractivity (Wildman–Crippen MR) is 87.2 cm³/mol. The fourth-order valence-corrected chi connectivity index (χ4v) is 3.09. The zero-order valence-electron chi connectivity index (χ0n) is 13.1. The molecule has 4 rings (SSSR count). The highest BCUT2D eigenvalue weighted by Gasteiger charge is 2.26. The molecule has 0 saturated heterocycles. The van der Waals surface area contributed by atoms with Crippen molar-refractivity contribution in [3.63, 3.8) is 0 Å². The second kappa shape index (κ2) is 6.05. The zero-order valence-corrected chi connectivity index (χ0v) is 13.1. The number of aromatic hydroxyl groups is 1. The summed E-state index contributed by atoms with van der Waals surface area (Å²) in [5.41, 5.74) is 2.80. The minimum Gasteiger partial charge on any atom is -0.493 e. The molecule has 24 heavy (non-hydrogen) atoms. The summed E-state index contributed by atoms with van der Waals surface area (Å²) in [7, 11) is 0. The molecule has 3 aromatic rings. The number of benzene rings is 1. The standard InChI is InChI=1S/C18H17FN4O/c19-15-7-4-9-20-17(15)23-18(24)14-8-10-22(12-16(14)21-23)11-13-5-2-1-3-6-13/h1-7,9,24H,8,10-12H2. The van der Waals surface area contributed by atoms with E-state index in [0.717, 1.165) is 24.3 Å². The molecule has 1 aromatic carbocycles. The highest BCUT2D eigenvalue weighted by molar-refractivity contribution is 5.39. The maximum atomic E-state index is 13.9. The summed E-state index contributed by atoms with van der Waals surface area (Å²) in [5.74, 6) is -0.491. The van der Waals surface area contributed by atoms with Gasteiger partial charge in [-0.3, -0.25) is 4.90 Å². The molecule has 1 aliphatic rings. The van der Waals surface area contributed by atoms with Crippen LogP contribution in [0.4, 0.5) is 4.39 Å². The van der Waals surface area contributed by atoms with Crippen LogP contribution in [0, 0.1) is 5.82 Å². The minimum absolute atomic E-state index is 0.0121. The van der Waals surface area contributed by atoms with Crippen molar-refractivity contribution in [2.24, 2.45) is 0 Å². The molecule has 6 heteroatoms. The lowest BCUT2D eigenvalue weighted by molar-refractivity contribution is 0.241. The van der Waals surface area contributed by atoms with E-state index >= 15 is 0 Å². The van der Waals surface area contributed by atoms with E-state index in [1.807, 2.05) is 18.2 Å². The van der Waals surface area contributed by atoms with Crippen molar-refractivity contribution in [2.45, 2.75) is 19.5 Å². The van der Waals surface area contributed by atoms with E-state index in [4.69, 9.17) is 0 Å². The predicted octanol–water partition coefficient (Wildman–Crippen LogP) is 2.67. The molecule has 5 nitrogen and oxygen atoms in total. The van der Waals surface area contributed by atoms with E-state index in [1.54, 1.807) is 0 Å². The molecule has 0 spiro atoms. The average molecular weight is 324 g/mol. The topological polar surface area (TPSA) is 54.2 Å². The molecule has 0 radical (unpaired) electrons. The van der Waals surface area contributed by atoms with E-state index in [-0.39, 0.29) is 11.7 Å². The fraction of sp³-hybridized carbons (Fsp3) is 0.222. The van der Waals surface area contributed by atoms with Crippen LogP contribution in [0.3, 0.4) is 0 Å². The number of hydrogen-bond donors (Lipinski definition) is 1. The van der Waals surface area contributed by atoms with Crippen LogP contribution >= 0.6 is 0 Å². The largest absolute Gasteiger partial charge is 0.493 e. The summed E-state index contributed by atoms with van der Waals surface area (Å²) in [6.07, 6.45) is 2.17. The number of nitrogens with zero attached hydrogens (tertiary/aromatic N) is 4. The summed E-state index contributed by atoms with van der Waals surface area (Å²) in [4.78, 5) is 6.26. The molecular weight excluding hydrogens is 307 g/mol. The number of pyridine rings is 1. The molecule has 0 fully saturated rings. The third kappa shape index (κ3) is 2.65. The lowest BCUT2D eigenvalue weighted by Crippen LogP contribution is -2.29. The SMILES string of the molecule is Oc1c2c(nn1-c1ncccc1F)CN(Cc1ccccc1)CC2. The van der Waals surface area contributed by atoms with Gasteiger partial charge in [0, 0.05) is 31.4 Å². The first-order chi connectivity index (χ1) is 11.7. The zero-order chi connectivity index (χ0) is 16.5. The quantitative estimate of drug-likeness (QED) is 0.805. The lowest BCUT2D eigenvalue weighted by Gasteiger charge is -2.25. The van der Waals surface area contributed by atoms with Gasteiger partial charge in [0.05, 0.1) is 5.69 Å². The van der Waals surface area contributed by atoms with Crippen LogP contribution in [0.15, 0.2) is 48.7 Å². The molecule has 3 heterocycles. The number of aromatic nitrogens is 3. The third-order valence-corrected chi connectivity index (χ3v) is 4.28. The molecular formula is C18H17FN4O. The maximum Gasteiger partial charge on any atom is 0.219 e. The van der Waals surface area contributed by atoms with Gasteiger partial charge in [0.15, 0.2) is 11.6 Å². The summed E-state index contributed by atoms with van der Waals surface area (Å²) in [6.45, 7) is 2.27. The normalized spacial score (nSPS) is 14.5. The molecule has 0 aliphatic carbocycles. The van der Waals surface area contributed by atoms with Crippen LogP contribution in [0.5, 0.6) is 5.88 Å². The number of hydrogen-bond acceptors (Lipinski definition) is 4. The molecule has 0 atom stereocenters. The van der Waals surface area contributed by atoms with E-state index < -0.39 is 5.82 Å². The average Bonchev–Trinajstić information content (AvgIpc) is 2.92. The Hall–Kier alpha value is -2.73. The molecule has 1 aliphatic heterocycles. The summed E-state index contributed by atoms with van der Waals surface area (Å²) in [6, 6.07) is 13.1. The van der Waals surface area contributed by atoms with E-state index in [0.29, 0.717) is 13.0 Å².